The molecule has 20 heavy (non-hydrogen) atoms. The standard InChI is InChI=1S/C11H15BrN4O4/c12-6-3-16(11(20)14-10(6)19)7-4-15(5-8(7)17)9(18)1-2-13/h3,7-8,17H,1-2,4-5,13H2,(H,14,19,20)/t7-,8-/m0/s1. The summed E-state index contributed by atoms with van der Waals surface area (Å²) in [6.45, 7) is 0.589. The number of nitrogens with one attached hydrogen (secondary N) is 1. The molecule has 0 unspecified atom stereocenters. The zero-order valence-corrected chi connectivity index (χ0v) is 12.2. The van der Waals surface area contributed by atoms with Gasteiger partial charge in [0.15, 0.2) is 0 Å². The van der Waals surface area contributed by atoms with Gasteiger partial charge in [-0.25, -0.2) is 4.79 Å². The van der Waals surface area contributed by atoms with Gasteiger partial charge in [-0.3, -0.25) is 19.1 Å². The van der Waals surface area contributed by atoms with Crippen molar-refractivity contribution in [2.75, 3.05) is 19.6 Å². The molecule has 4 N–H and O–H groups in total. The first kappa shape index (κ1) is 14.9. The van der Waals surface area contributed by atoms with Gasteiger partial charge in [0, 0.05) is 32.3 Å². The zero-order chi connectivity index (χ0) is 14.9. The van der Waals surface area contributed by atoms with Crippen molar-refractivity contribution in [3.63, 3.8) is 0 Å². The average molecular weight is 347 g/mol. The third kappa shape index (κ3) is 2.84. The van der Waals surface area contributed by atoms with Crippen LogP contribution in [0.2, 0.25) is 0 Å². The van der Waals surface area contributed by atoms with Gasteiger partial charge in [0.05, 0.1) is 16.6 Å². The van der Waals surface area contributed by atoms with E-state index in [9.17, 15) is 19.5 Å². The summed E-state index contributed by atoms with van der Waals surface area (Å²) in [5.74, 6) is -0.161. The Bertz CT molecular complexity index is 626. The van der Waals surface area contributed by atoms with Crippen LogP contribution in [-0.4, -0.2) is 51.2 Å². The number of nitrogens with zero attached hydrogens (tertiary/aromatic N) is 2. The van der Waals surface area contributed by atoms with E-state index in [4.69, 9.17) is 5.73 Å². The minimum atomic E-state index is -0.868. The molecule has 0 saturated carbocycles. The van der Waals surface area contributed by atoms with E-state index in [-0.39, 0.29) is 36.4 Å². The third-order valence-electron chi connectivity index (χ3n) is 3.25. The van der Waals surface area contributed by atoms with Crippen molar-refractivity contribution in [1.82, 2.24) is 14.5 Å². The Morgan fingerprint density at radius 2 is 2.20 bits per heavy atom. The van der Waals surface area contributed by atoms with Gasteiger partial charge in [-0.1, -0.05) is 0 Å². The van der Waals surface area contributed by atoms with Crippen molar-refractivity contribution in [1.29, 1.82) is 0 Å². The van der Waals surface area contributed by atoms with E-state index in [1.54, 1.807) is 0 Å². The summed E-state index contributed by atoms with van der Waals surface area (Å²) in [5, 5.41) is 10.0. The number of aromatic amines is 1. The molecule has 0 spiro atoms. The maximum atomic E-state index is 11.8. The summed E-state index contributed by atoms with van der Waals surface area (Å²) in [4.78, 5) is 38.4. The summed E-state index contributed by atoms with van der Waals surface area (Å²) < 4.78 is 1.42. The lowest BCUT2D eigenvalue weighted by atomic mass is 10.2. The number of halogens is 1. The Morgan fingerprint density at radius 1 is 1.50 bits per heavy atom. The SMILES string of the molecule is NCCC(=O)N1C[C@H](O)[C@@H](n2cc(Br)c(=O)[nH]c2=O)C1. The van der Waals surface area contributed by atoms with Crippen LogP contribution < -0.4 is 17.0 Å². The van der Waals surface area contributed by atoms with Gasteiger partial charge < -0.3 is 15.7 Å². The van der Waals surface area contributed by atoms with E-state index in [1.807, 2.05) is 0 Å². The number of hydrogen-bond acceptors (Lipinski definition) is 5. The molecule has 0 bridgehead atoms. The fourth-order valence-electron chi connectivity index (χ4n) is 2.24. The van der Waals surface area contributed by atoms with Crippen molar-refractivity contribution in [2.45, 2.75) is 18.6 Å². The van der Waals surface area contributed by atoms with Crippen LogP contribution >= 0.6 is 15.9 Å². The topological polar surface area (TPSA) is 121 Å². The number of nitrogens with two attached hydrogens (primary N) is 1. The molecule has 1 saturated heterocycles. The molecule has 2 rings (SSSR count). The highest BCUT2D eigenvalue weighted by molar-refractivity contribution is 9.10. The summed E-state index contributed by atoms with van der Waals surface area (Å²) in [6.07, 6.45) is 0.655. The van der Waals surface area contributed by atoms with Crippen LogP contribution in [0, 0.1) is 0 Å². The number of hydrogen-bond donors (Lipinski definition) is 3. The zero-order valence-electron chi connectivity index (χ0n) is 10.6. The first-order chi connectivity index (χ1) is 9.43. The second-order valence-corrected chi connectivity index (χ2v) is 5.47. The molecule has 1 aliphatic rings. The Labute approximate surface area is 122 Å². The lowest BCUT2D eigenvalue weighted by Crippen LogP contribution is -2.36. The number of aromatic nitrogens is 2. The fraction of sp³-hybridized carbons (Fsp3) is 0.545. The monoisotopic (exact) mass is 346 g/mol. The van der Waals surface area contributed by atoms with Crippen molar-refractivity contribution in [2.24, 2.45) is 5.73 Å². The van der Waals surface area contributed by atoms with Gasteiger partial charge >= 0.3 is 5.69 Å². The van der Waals surface area contributed by atoms with Crippen LogP contribution in [0.25, 0.3) is 0 Å². The number of amides is 1. The lowest BCUT2D eigenvalue weighted by Gasteiger charge is -2.17. The van der Waals surface area contributed by atoms with Crippen LogP contribution in [-0.2, 0) is 4.79 Å². The average Bonchev–Trinajstić information content (AvgIpc) is 2.76. The third-order valence-corrected chi connectivity index (χ3v) is 3.82. The number of β-amino-alcohol motifs (C(OH)–C–C–N with tert-alkyl or cyclic N) is 1. The number of carbonyl (C=O) groups excluding carboxylic acids is 1. The number of rotatable bonds is 3. The number of carbonyl (C=O) groups is 1. The lowest BCUT2D eigenvalue weighted by molar-refractivity contribution is -0.130. The predicted octanol–water partition coefficient (Wildman–Crippen LogP) is -1.61. The van der Waals surface area contributed by atoms with Gasteiger partial charge in [0.25, 0.3) is 5.56 Å². The number of aliphatic hydroxyl groups excluding tert-OH is 1. The molecule has 0 aromatic carbocycles. The summed E-state index contributed by atoms with van der Waals surface area (Å²) in [7, 11) is 0. The second kappa shape index (κ2) is 5.90. The summed E-state index contributed by atoms with van der Waals surface area (Å²) in [6, 6.07) is -0.586. The van der Waals surface area contributed by atoms with Crippen molar-refractivity contribution >= 4 is 21.8 Å². The van der Waals surface area contributed by atoms with E-state index >= 15 is 0 Å². The highest BCUT2D eigenvalue weighted by Gasteiger charge is 2.35. The quantitative estimate of drug-likeness (QED) is 0.608. The van der Waals surface area contributed by atoms with Gasteiger partial charge in [0.2, 0.25) is 5.91 Å². The fourth-order valence-corrected chi connectivity index (χ4v) is 2.55. The van der Waals surface area contributed by atoms with Gasteiger partial charge in [-0.15, -0.1) is 0 Å². The maximum absolute atomic E-state index is 11.8. The molecule has 8 nitrogen and oxygen atoms in total. The van der Waals surface area contributed by atoms with Crippen LogP contribution in [0.5, 0.6) is 0 Å². The van der Waals surface area contributed by atoms with Crippen molar-refractivity contribution in [3.05, 3.63) is 31.5 Å². The first-order valence-corrected chi connectivity index (χ1v) is 6.90. The molecular formula is C11H15BrN4O4. The van der Waals surface area contributed by atoms with Gasteiger partial charge in [0.1, 0.15) is 0 Å². The molecule has 1 amide bonds. The van der Waals surface area contributed by atoms with Crippen LogP contribution in [0.3, 0.4) is 0 Å². The Morgan fingerprint density at radius 3 is 2.85 bits per heavy atom. The molecule has 110 valence electrons. The Kier molecular flexibility index (Phi) is 4.41. The number of likely N-dealkylation sites (tertiary alicyclic amines) is 1. The first-order valence-electron chi connectivity index (χ1n) is 6.11. The van der Waals surface area contributed by atoms with Crippen LogP contribution in [0.4, 0.5) is 0 Å². The summed E-state index contributed by atoms with van der Waals surface area (Å²) in [5.41, 5.74) is 4.18. The van der Waals surface area contributed by atoms with Gasteiger partial charge in [-0.05, 0) is 15.9 Å². The molecule has 0 radical (unpaired) electrons. The molecule has 2 heterocycles. The van der Waals surface area contributed by atoms with E-state index in [2.05, 4.69) is 20.9 Å². The van der Waals surface area contributed by atoms with Crippen molar-refractivity contribution in [3.8, 4) is 0 Å². The molecule has 2 atom stereocenters. The molecule has 1 fully saturated rings. The van der Waals surface area contributed by atoms with E-state index in [0.29, 0.717) is 0 Å². The highest BCUT2D eigenvalue weighted by atomic mass is 79.9. The molecule has 9 heteroatoms. The smallest absolute Gasteiger partial charge is 0.328 e. The van der Waals surface area contributed by atoms with E-state index < -0.39 is 23.4 Å². The molecule has 1 aromatic rings. The van der Waals surface area contributed by atoms with E-state index in [1.165, 1.54) is 15.7 Å². The second-order valence-electron chi connectivity index (χ2n) is 4.62. The normalized spacial score (nSPS) is 22.2. The summed E-state index contributed by atoms with van der Waals surface area (Å²) >= 11 is 3.03. The predicted molar refractivity (Wildman–Crippen MR) is 74.3 cm³/mol. The maximum Gasteiger partial charge on any atom is 0.328 e. The number of aliphatic hydroxyl groups is 1. The minimum absolute atomic E-state index is 0.146. The van der Waals surface area contributed by atoms with E-state index in [0.717, 1.165) is 0 Å². The largest absolute Gasteiger partial charge is 0.389 e. The Balaban J connectivity index is 2.26. The minimum Gasteiger partial charge on any atom is -0.389 e. The Hall–Kier alpha value is -1.45. The highest BCUT2D eigenvalue weighted by Crippen LogP contribution is 2.21. The molecule has 1 aromatic heterocycles. The molecule has 1 aliphatic heterocycles. The van der Waals surface area contributed by atoms with Crippen LogP contribution in [0.1, 0.15) is 12.5 Å². The van der Waals surface area contributed by atoms with Crippen molar-refractivity contribution < 1.29 is 9.90 Å². The number of H-pyrrole nitrogens is 1. The molecular weight excluding hydrogens is 332 g/mol. The van der Waals surface area contributed by atoms with Gasteiger partial charge in [-0.2, -0.15) is 0 Å². The van der Waals surface area contributed by atoms with Crippen LogP contribution in [0.15, 0.2) is 20.3 Å². The molecule has 0 aliphatic carbocycles.